The van der Waals surface area contributed by atoms with Crippen LogP contribution in [0.2, 0.25) is 0 Å². The lowest BCUT2D eigenvalue weighted by molar-refractivity contribution is 1.19. The first kappa shape index (κ1) is 18.9. The molecule has 2 aromatic heterocycles. The first-order valence-corrected chi connectivity index (χ1v) is 11.5. The second kappa shape index (κ2) is 7.37. The highest BCUT2D eigenvalue weighted by molar-refractivity contribution is 7.26. The molecule has 32 heavy (non-hydrogen) atoms. The van der Waals surface area contributed by atoms with Crippen molar-refractivity contribution in [3.63, 3.8) is 0 Å². The topological polar surface area (TPSA) is 4.93 Å². The Morgan fingerprint density at radius 1 is 0.719 bits per heavy atom. The van der Waals surface area contributed by atoms with E-state index in [1.807, 2.05) is 23.5 Å². The fraction of sp³-hybridized carbons (Fsp3) is 0. The Morgan fingerprint density at radius 2 is 1.44 bits per heavy atom. The summed E-state index contributed by atoms with van der Waals surface area (Å²) >= 11 is 1.88. The minimum Gasteiger partial charge on any atom is -0.308 e. The molecule has 152 valence electrons. The quantitative estimate of drug-likeness (QED) is 0.247. The number of para-hydroxylation sites is 1. The fourth-order valence-electron chi connectivity index (χ4n) is 4.71. The molecule has 0 N–H and O–H groups in total. The van der Waals surface area contributed by atoms with Gasteiger partial charge in [-0.25, -0.2) is 0 Å². The van der Waals surface area contributed by atoms with Crippen LogP contribution in [0.1, 0.15) is 5.56 Å². The van der Waals surface area contributed by atoms with Crippen molar-refractivity contribution in [3.8, 4) is 5.69 Å². The highest BCUT2D eigenvalue weighted by Crippen LogP contribution is 2.42. The van der Waals surface area contributed by atoms with Crippen molar-refractivity contribution in [1.29, 1.82) is 0 Å². The van der Waals surface area contributed by atoms with Gasteiger partial charge in [-0.1, -0.05) is 92.0 Å². The summed E-state index contributed by atoms with van der Waals surface area (Å²) in [6.07, 6.45) is 5.66. The summed E-state index contributed by atoms with van der Waals surface area (Å²) in [6, 6.07) is 30.7. The first-order valence-electron chi connectivity index (χ1n) is 10.7. The molecule has 0 fully saturated rings. The van der Waals surface area contributed by atoms with Gasteiger partial charge in [-0.3, -0.25) is 0 Å². The molecule has 0 atom stereocenters. The van der Waals surface area contributed by atoms with E-state index in [-0.39, 0.29) is 0 Å². The van der Waals surface area contributed by atoms with E-state index in [0.717, 1.165) is 16.8 Å². The van der Waals surface area contributed by atoms with E-state index in [1.54, 1.807) is 6.08 Å². The van der Waals surface area contributed by atoms with Gasteiger partial charge in [0.25, 0.3) is 0 Å². The molecule has 0 saturated carbocycles. The van der Waals surface area contributed by atoms with Crippen molar-refractivity contribution in [1.82, 2.24) is 4.57 Å². The van der Waals surface area contributed by atoms with E-state index in [1.165, 1.54) is 42.0 Å². The lowest BCUT2D eigenvalue weighted by Crippen LogP contribution is -1.94. The fourth-order valence-corrected chi connectivity index (χ4v) is 5.95. The SMILES string of the molecule is C=C/C=C(\C=C)c1ccc(-n2c3ccccc3c3ccc4c5ccccc5sc4c32)cc1. The van der Waals surface area contributed by atoms with Crippen molar-refractivity contribution in [2.24, 2.45) is 0 Å². The third-order valence-corrected chi connectivity index (χ3v) is 7.35. The molecule has 0 aliphatic rings. The smallest absolute Gasteiger partial charge is 0.0719 e. The molecule has 1 nitrogen and oxygen atoms in total. The summed E-state index contributed by atoms with van der Waals surface area (Å²) in [5.41, 5.74) is 5.87. The van der Waals surface area contributed by atoms with Crippen molar-refractivity contribution in [2.45, 2.75) is 0 Å². The number of aromatic nitrogens is 1. The van der Waals surface area contributed by atoms with Gasteiger partial charge in [-0.05, 0) is 35.4 Å². The molecule has 0 radical (unpaired) electrons. The average molecular weight is 428 g/mol. The molecular weight excluding hydrogens is 406 g/mol. The predicted octanol–water partition coefficient (Wildman–Crippen LogP) is 8.91. The van der Waals surface area contributed by atoms with Crippen LogP contribution in [0, 0.1) is 0 Å². The van der Waals surface area contributed by atoms with Crippen LogP contribution in [0.4, 0.5) is 0 Å². The van der Waals surface area contributed by atoms with Crippen LogP contribution in [-0.4, -0.2) is 4.57 Å². The largest absolute Gasteiger partial charge is 0.308 e. The van der Waals surface area contributed by atoms with Crippen LogP contribution in [0.15, 0.2) is 116 Å². The normalized spacial score (nSPS) is 12.2. The lowest BCUT2D eigenvalue weighted by Gasteiger charge is -2.10. The van der Waals surface area contributed by atoms with Crippen LogP contribution in [0.25, 0.3) is 53.2 Å². The summed E-state index contributed by atoms with van der Waals surface area (Å²) in [5, 5.41) is 5.22. The van der Waals surface area contributed by atoms with Crippen molar-refractivity contribution < 1.29 is 0 Å². The van der Waals surface area contributed by atoms with E-state index in [2.05, 4.69) is 103 Å². The standard InChI is InChI=1S/C30H21NS/c1-3-9-20(4-2)21-14-16-22(17-15-21)31-27-12-7-5-10-23(27)25-18-19-26-24-11-6-8-13-28(24)32-30(26)29(25)31/h3-19H,1-2H2/b20-9+. The van der Waals surface area contributed by atoms with E-state index < -0.39 is 0 Å². The zero-order valence-corrected chi connectivity index (χ0v) is 18.4. The molecule has 0 spiro atoms. The highest BCUT2D eigenvalue weighted by atomic mass is 32.1. The van der Waals surface area contributed by atoms with E-state index in [0.29, 0.717) is 0 Å². The van der Waals surface area contributed by atoms with Crippen molar-refractivity contribution in [3.05, 3.63) is 122 Å². The molecule has 2 heteroatoms. The van der Waals surface area contributed by atoms with Crippen LogP contribution in [0.3, 0.4) is 0 Å². The molecule has 0 aliphatic carbocycles. The third-order valence-electron chi connectivity index (χ3n) is 6.16. The van der Waals surface area contributed by atoms with Gasteiger partial charge in [-0.2, -0.15) is 0 Å². The molecule has 0 aliphatic heterocycles. The molecule has 6 aromatic rings. The van der Waals surface area contributed by atoms with Gasteiger partial charge in [-0.15, -0.1) is 11.3 Å². The van der Waals surface area contributed by atoms with Gasteiger partial charge in [0.2, 0.25) is 0 Å². The van der Waals surface area contributed by atoms with Gasteiger partial charge < -0.3 is 4.57 Å². The van der Waals surface area contributed by atoms with Crippen molar-refractivity contribution in [2.75, 3.05) is 0 Å². The predicted molar refractivity (Wildman–Crippen MR) is 142 cm³/mol. The Bertz CT molecular complexity index is 1690. The Kier molecular flexibility index (Phi) is 4.34. The van der Waals surface area contributed by atoms with Crippen LogP contribution >= 0.6 is 11.3 Å². The number of allylic oxidation sites excluding steroid dienone is 4. The number of fused-ring (bicyclic) bond motifs is 7. The number of nitrogens with zero attached hydrogens (tertiary/aromatic N) is 1. The molecule has 0 unspecified atom stereocenters. The first-order chi connectivity index (χ1) is 15.8. The summed E-state index contributed by atoms with van der Waals surface area (Å²) in [5.74, 6) is 0. The molecular formula is C30H21NS. The minimum absolute atomic E-state index is 1.07. The van der Waals surface area contributed by atoms with E-state index in [9.17, 15) is 0 Å². The minimum atomic E-state index is 1.07. The summed E-state index contributed by atoms with van der Waals surface area (Å²) in [7, 11) is 0. The molecule has 6 rings (SSSR count). The Labute approximate surface area is 190 Å². The average Bonchev–Trinajstić information content (AvgIpc) is 3.39. The van der Waals surface area contributed by atoms with Gasteiger partial charge in [0.05, 0.1) is 15.7 Å². The maximum Gasteiger partial charge on any atom is 0.0719 e. The molecule has 0 amide bonds. The van der Waals surface area contributed by atoms with Crippen LogP contribution in [0.5, 0.6) is 0 Å². The number of benzene rings is 4. The number of hydrogen-bond acceptors (Lipinski definition) is 1. The highest BCUT2D eigenvalue weighted by Gasteiger charge is 2.17. The molecule has 0 bridgehead atoms. The summed E-state index contributed by atoms with van der Waals surface area (Å²) in [4.78, 5) is 0. The maximum absolute atomic E-state index is 3.95. The van der Waals surface area contributed by atoms with Crippen molar-refractivity contribution >= 4 is 58.9 Å². The van der Waals surface area contributed by atoms with E-state index in [4.69, 9.17) is 0 Å². The molecule has 0 saturated heterocycles. The lowest BCUT2D eigenvalue weighted by atomic mass is 10.1. The Hall–Kier alpha value is -3.88. The zero-order valence-electron chi connectivity index (χ0n) is 17.6. The summed E-state index contributed by atoms with van der Waals surface area (Å²) in [6.45, 7) is 7.77. The summed E-state index contributed by atoms with van der Waals surface area (Å²) < 4.78 is 5.08. The third kappa shape index (κ3) is 2.70. The molecule has 4 aromatic carbocycles. The molecule has 2 heterocycles. The number of thiophene rings is 1. The Morgan fingerprint density at radius 3 is 2.22 bits per heavy atom. The Balaban J connectivity index is 1.70. The van der Waals surface area contributed by atoms with Gasteiger partial charge in [0, 0.05) is 31.9 Å². The number of rotatable bonds is 4. The zero-order chi connectivity index (χ0) is 21.7. The van der Waals surface area contributed by atoms with Crippen LogP contribution in [-0.2, 0) is 0 Å². The second-order valence-corrected chi connectivity index (χ2v) is 8.95. The van der Waals surface area contributed by atoms with Crippen LogP contribution < -0.4 is 0 Å². The number of hydrogen-bond donors (Lipinski definition) is 0. The van der Waals surface area contributed by atoms with Gasteiger partial charge >= 0.3 is 0 Å². The van der Waals surface area contributed by atoms with E-state index >= 15 is 0 Å². The monoisotopic (exact) mass is 427 g/mol. The maximum atomic E-state index is 3.95. The van der Waals surface area contributed by atoms with Gasteiger partial charge in [0.1, 0.15) is 0 Å². The second-order valence-electron chi connectivity index (χ2n) is 7.90. The van der Waals surface area contributed by atoms with Gasteiger partial charge in [0.15, 0.2) is 0 Å².